The maximum absolute atomic E-state index is 12.3. The molecule has 0 aliphatic heterocycles. The summed E-state index contributed by atoms with van der Waals surface area (Å²) < 4.78 is 47.0. The lowest BCUT2D eigenvalue weighted by atomic mass is 10.1. The second-order valence-corrected chi connectivity index (χ2v) is 5.29. The van der Waals surface area contributed by atoms with Crippen LogP contribution in [0.2, 0.25) is 0 Å². The summed E-state index contributed by atoms with van der Waals surface area (Å²) in [4.78, 5) is 11.6. The van der Waals surface area contributed by atoms with Crippen LogP contribution >= 0.6 is 0 Å². The number of nitrogens with zero attached hydrogens (tertiary/aromatic N) is 2. The molecule has 1 heterocycles. The van der Waals surface area contributed by atoms with E-state index >= 15 is 0 Å². The van der Waals surface area contributed by atoms with Gasteiger partial charge in [-0.05, 0) is 35.9 Å². The predicted octanol–water partition coefficient (Wildman–Crippen LogP) is 3.77. The Labute approximate surface area is 140 Å². The van der Waals surface area contributed by atoms with Crippen molar-refractivity contribution in [3.8, 4) is 5.75 Å². The first-order valence-corrected chi connectivity index (χ1v) is 7.24. The van der Waals surface area contributed by atoms with Crippen molar-refractivity contribution >= 4 is 16.9 Å². The molecule has 0 unspecified atom stereocenters. The lowest BCUT2D eigenvalue weighted by Crippen LogP contribution is -2.17. The zero-order chi connectivity index (χ0) is 18.0. The molecule has 0 aliphatic rings. The zero-order valence-corrected chi connectivity index (χ0v) is 13.1. The van der Waals surface area contributed by atoms with Gasteiger partial charge in [0.15, 0.2) is 0 Å². The summed E-state index contributed by atoms with van der Waals surface area (Å²) in [5.74, 6) is -0.735. The molecule has 0 amide bonds. The SMILES string of the molecule is COC(=O)c1ccc2nn(Cc3cccc(OC(F)(F)F)c3)cc2c1. The molecule has 5 nitrogen and oxygen atoms in total. The van der Waals surface area contributed by atoms with Crippen LogP contribution in [-0.2, 0) is 11.3 Å². The fourth-order valence-electron chi connectivity index (χ4n) is 2.43. The number of fused-ring (bicyclic) bond motifs is 1. The van der Waals surface area contributed by atoms with Crippen molar-refractivity contribution in [2.75, 3.05) is 7.11 Å². The van der Waals surface area contributed by atoms with Gasteiger partial charge in [0.05, 0.1) is 24.7 Å². The van der Waals surface area contributed by atoms with E-state index in [0.717, 1.165) is 5.39 Å². The van der Waals surface area contributed by atoms with Gasteiger partial charge in [0.25, 0.3) is 0 Å². The van der Waals surface area contributed by atoms with Crippen molar-refractivity contribution in [2.45, 2.75) is 12.9 Å². The van der Waals surface area contributed by atoms with E-state index in [0.29, 0.717) is 16.6 Å². The lowest BCUT2D eigenvalue weighted by molar-refractivity contribution is -0.274. The monoisotopic (exact) mass is 350 g/mol. The molecule has 0 atom stereocenters. The third kappa shape index (κ3) is 4.09. The van der Waals surface area contributed by atoms with Gasteiger partial charge in [-0.3, -0.25) is 4.68 Å². The van der Waals surface area contributed by atoms with E-state index in [1.807, 2.05) is 0 Å². The first-order chi connectivity index (χ1) is 11.8. The average molecular weight is 350 g/mol. The van der Waals surface area contributed by atoms with Crippen LogP contribution in [0.1, 0.15) is 15.9 Å². The highest BCUT2D eigenvalue weighted by molar-refractivity contribution is 5.94. The largest absolute Gasteiger partial charge is 0.573 e. The van der Waals surface area contributed by atoms with Gasteiger partial charge < -0.3 is 9.47 Å². The Balaban J connectivity index is 1.83. The number of halogens is 3. The number of rotatable bonds is 4. The smallest absolute Gasteiger partial charge is 0.465 e. The topological polar surface area (TPSA) is 53.3 Å². The van der Waals surface area contributed by atoms with Crippen LogP contribution in [0.25, 0.3) is 10.9 Å². The maximum atomic E-state index is 12.3. The summed E-state index contributed by atoms with van der Waals surface area (Å²) in [6, 6.07) is 10.6. The molecular weight excluding hydrogens is 337 g/mol. The molecular formula is C17H13F3N2O3. The third-order valence-electron chi connectivity index (χ3n) is 3.45. The van der Waals surface area contributed by atoms with Gasteiger partial charge in [-0.25, -0.2) is 4.79 Å². The first kappa shape index (κ1) is 16.8. The highest BCUT2D eigenvalue weighted by atomic mass is 19.4. The number of methoxy groups -OCH3 is 1. The highest BCUT2D eigenvalue weighted by Gasteiger charge is 2.31. The van der Waals surface area contributed by atoms with E-state index in [1.54, 1.807) is 35.1 Å². The average Bonchev–Trinajstić information content (AvgIpc) is 2.94. The highest BCUT2D eigenvalue weighted by Crippen LogP contribution is 2.24. The van der Waals surface area contributed by atoms with Crippen LogP contribution in [0.15, 0.2) is 48.7 Å². The molecule has 25 heavy (non-hydrogen) atoms. The van der Waals surface area contributed by atoms with Gasteiger partial charge in [-0.1, -0.05) is 12.1 Å². The minimum absolute atomic E-state index is 0.261. The van der Waals surface area contributed by atoms with Gasteiger partial charge in [-0.2, -0.15) is 5.10 Å². The Bertz CT molecular complexity index is 919. The number of ether oxygens (including phenoxy) is 2. The molecule has 0 aliphatic carbocycles. The Morgan fingerprint density at radius 1 is 1.20 bits per heavy atom. The molecule has 2 aromatic carbocycles. The van der Waals surface area contributed by atoms with Gasteiger partial charge >= 0.3 is 12.3 Å². The second-order valence-electron chi connectivity index (χ2n) is 5.29. The summed E-state index contributed by atoms with van der Waals surface area (Å²) in [5, 5.41) is 5.07. The summed E-state index contributed by atoms with van der Waals surface area (Å²) in [6.07, 6.45) is -3.03. The van der Waals surface area contributed by atoms with Crippen molar-refractivity contribution in [3.63, 3.8) is 0 Å². The number of esters is 1. The number of aromatic nitrogens is 2. The molecule has 3 aromatic rings. The number of hydrogen-bond donors (Lipinski definition) is 0. The van der Waals surface area contributed by atoms with Crippen molar-refractivity contribution in [3.05, 3.63) is 59.8 Å². The molecule has 0 spiro atoms. The molecule has 0 fully saturated rings. The molecule has 0 radical (unpaired) electrons. The van der Waals surface area contributed by atoms with Crippen LogP contribution < -0.4 is 4.74 Å². The van der Waals surface area contributed by atoms with Crippen molar-refractivity contribution < 1.29 is 27.4 Å². The van der Waals surface area contributed by atoms with Crippen molar-refractivity contribution in [2.24, 2.45) is 0 Å². The van der Waals surface area contributed by atoms with Crippen LogP contribution in [-0.4, -0.2) is 29.2 Å². The predicted molar refractivity (Wildman–Crippen MR) is 83.3 cm³/mol. The third-order valence-corrected chi connectivity index (χ3v) is 3.45. The van der Waals surface area contributed by atoms with E-state index in [4.69, 9.17) is 0 Å². The van der Waals surface area contributed by atoms with Gasteiger partial charge in [-0.15, -0.1) is 13.2 Å². The van der Waals surface area contributed by atoms with Gasteiger partial charge in [0.1, 0.15) is 5.75 Å². The molecule has 1 aromatic heterocycles. The van der Waals surface area contributed by atoms with Crippen LogP contribution in [0.4, 0.5) is 13.2 Å². The number of hydrogen-bond acceptors (Lipinski definition) is 4. The molecule has 3 rings (SSSR count). The van der Waals surface area contributed by atoms with Gasteiger partial charge in [0, 0.05) is 11.6 Å². The van der Waals surface area contributed by atoms with Crippen LogP contribution in [0.5, 0.6) is 5.75 Å². The van der Waals surface area contributed by atoms with E-state index in [-0.39, 0.29) is 12.3 Å². The molecule has 0 bridgehead atoms. The minimum atomic E-state index is -4.73. The van der Waals surface area contributed by atoms with Crippen molar-refractivity contribution in [1.29, 1.82) is 0 Å². The van der Waals surface area contributed by atoms with E-state index in [2.05, 4.69) is 14.6 Å². The molecule has 0 saturated carbocycles. The quantitative estimate of drug-likeness (QED) is 0.672. The van der Waals surface area contributed by atoms with E-state index in [1.165, 1.54) is 25.3 Å². The van der Waals surface area contributed by atoms with Gasteiger partial charge in [0.2, 0.25) is 0 Å². The standard InChI is InChI=1S/C17H13F3N2O3/c1-24-16(23)12-5-6-15-13(8-12)10-22(21-15)9-11-3-2-4-14(7-11)25-17(18,19)20/h2-8,10H,9H2,1H3. The number of carbonyl (C=O) groups is 1. The Morgan fingerprint density at radius 3 is 2.72 bits per heavy atom. The second kappa shape index (κ2) is 6.46. The maximum Gasteiger partial charge on any atom is 0.573 e. The fourth-order valence-corrected chi connectivity index (χ4v) is 2.43. The molecule has 130 valence electrons. The fraction of sp³-hybridized carbons (Fsp3) is 0.176. The van der Waals surface area contributed by atoms with Crippen molar-refractivity contribution in [1.82, 2.24) is 9.78 Å². The molecule has 8 heteroatoms. The zero-order valence-electron chi connectivity index (χ0n) is 13.1. The Morgan fingerprint density at radius 2 is 2.00 bits per heavy atom. The summed E-state index contributed by atoms with van der Waals surface area (Å²) in [6.45, 7) is 0.261. The van der Waals surface area contributed by atoms with Crippen LogP contribution in [0.3, 0.4) is 0 Å². The lowest BCUT2D eigenvalue weighted by Gasteiger charge is -2.10. The summed E-state index contributed by atoms with van der Waals surface area (Å²) in [5.41, 5.74) is 1.66. The van der Waals surface area contributed by atoms with Crippen LogP contribution in [0, 0.1) is 0 Å². The van der Waals surface area contributed by atoms with E-state index < -0.39 is 12.3 Å². The minimum Gasteiger partial charge on any atom is -0.465 e. The number of carbonyl (C=O) groups excluding carboxylic acids is 1. The normalized spacial score (nSPS) is 11.5. The summed E-state index contributed by atoms with van der Waals surface area (Å²) >= 11 is 0. The van der Waals surface area contributed by atoms with E-state index in [9.17, 15) is 18.0 Å². The Hall–Kier alpha value is -3.03. The summed E-state index contributed by atoms with van der Waals surface area (Å²) in [7, 11) is 1.30. The first-order valence-electron chi connectivity index (χ1n) is 7.24. The molecule has 0 saturated heterocycles. The Kier molecular flexibility index (Phi) is 4.35. The number of benzene rings is 2. The number of alkyl halides is 3. The molecule has 0 N–H and O–H groups in total.